The molecule has 0 amide bonds. The summed E-state index contributed by atoms with van der Waals surface area (Å²) in [7, 11) is 5.54. The summed E-state index contributed by atoms with van der Waals surface area (Å²) in [5.74, 6) is 0. The highest BCUT2D eigenvalue weighted by atomic mass is 16.7. The zero-order chi connectivity index (χ0) is 9.68. The van der Waals surface area contributed by atoms with Gasteiger partial charge in [-0.05, 0) is 19.9 Å². The van der Waals surface area contributed by atoms with Crippen LogP contribution in [0.5, 0.6) is 0 Å². The van der Waals surface area contributed by atoms with E-state index in [4.69, 9.17) is 9.47 Å². The number of likely N-dealkylation sites (N-methyl/N-ethyl adjacent to an activating group) is 1. The largest absolute Gasteiger partial charge is 0.355 e. The van der Waals surface area contributed by atoms with E-state index in [0.717, 1.165) is 12.6 Å². The molecule has 0 N–H and O–H groups in total. The van der Waals surface area contributed by atoms with Crippen molar-refractivity contribution < 1.29 is 9.47 Å². The average Bonchev–Trinajstić information content (AvgIpc) is 2.66. The molecule has 1 rings (SSSR count). The minimum absolute atomic E-state index is 0.0781. The van der Waals surface area contributed by atoms with Gasteiger partial charge in [-0.15, -0.1) is 0 Å². The quantitative estimate of drug-likeness (QED) is 0.608. The second-order valence-electron chi connectivity index (χ2n) is 3.78. The highest BCUT2D eigenvalue weighted by molar-refractivity contribution is 4.75. The van der Waals surface area contributed by atoms with E-state index >= 15 is 0 Å². The van der Waals surface area contributed by atoms with E-state index in [1.54, 1.807) is 14.2 Å². The summed E-state index contributed by atoms with van der Waals surface area (Å²) in [6.07, 6.45) is 5.33. The monoisotopic (exact) mass is 187 g/mol. The van der Waals surface area contributed by atoms with Crippen molar-refractivity contribution in [3.63, 3.8) is 0 Å². The molecule has 0 saturated heterocycles. The lowest BCUT2D eigenvalue weighted by molar-refractivity contribution is -0.117. The van der Waals surface area contributed by atoms with Gasteiger partial charge in [-0.1, -0.05) is 12.8 Å². The van der Waals surface area contributed by atoms with Crippen LogP contribution < -0.4 is 0 Å². The Hall–Kier alpha value is -0.120. The maximum absolute atomic E-state index is 5.17. The van der Waals surface area contributed by atoms with Gasteiger partial charge in [0, 0.05) is 26.8 Å². The fourth-order valence-corrected chi connectivity index (χ4v) is 1.97. The molecular weight excluding hydrogens is 166 g/mol. The van der Waals surface area contributed by atoms with E-state index in [0.29, 0.717) is 0 Å². The summed E-state index contributed by atoms with van der Waals surface area (Å²) in [5.41, 5.74) is 0. The van der Waals surface area contributed by atoms with Crippen LogP contribution in [0, 0.1) is 0 Å². The van der Waals surface area contributed by atoms with E-state index in [9.17, 15) is 0 Å². The van der Waals surface area contributed by atoms with Gasteiger partial charge in [-0.2, -0.15) is 0 Å². The predicted molar refractivity (Wildman–Crippen MR) is 52.7 cm³/mol. The van der Waals surface area contributed by atoms with Crippen LogP contribution in [0.3, 0.4) is 0 Å². The number of hydrogen-bond donors (Lipinski definition) is 0. The van der Waals surface area contributed by atoms with Crippen molar-refractivity contribution in [2.75, 3.05) is 27.8 Å². The molecule has 0 atom stereocenters. The van der Waals surface area contributed by atoms with Gasteiger partial charge in [0.05, 0.1) is 0 Å². The predicted octanol–water partition coefficient (Wildman–Crippen LogP) is 1.48. The SMILES string of the molecule is COC(CN(C)C1CCCC1)OC. The van der Waals surface area contributed by atoms with E-state index in [-0.39, 0.29) is 6.29 Å². The lowest BCUT2D eigenvalue weighted by Crippen LogP contribution is -2.37. The highest BCUT2D eigenvalue weighted by Crippen LogP contribution is 2.22. The highest BCUT2D eigenvalue weighted by Gasteiger charge is 2.21. The Balaban J connectivity index is 2.25. The third-order valence-corrected chi connectivity index (χ3v) is 2.91. The summed E-state index contributed by atoms with van der Waals surface area (Å²) in [6.45, 7) is 0.873. The van der Waals surface area contributed by atoms with Gasteiger partial charge < -0.3 is 9.47 Å². The standard InChI is InChI=1S/C10H21NO2/c1-11(8-10(12-2)13-3)9-6-4-5-7-9/h9-10H,4-8H2,1-3H3. The van der Waals surface area contributed by atoms with Crippen LogP contribution in [-0.2, 0) is 9.47 Å². The molecule has 1 aliphatic rings. The number of rotatable bonds is 5. The molecule has 0 aromatic rings. The third kappa shape index (κ3) is 3.25. The molecule has 0 radical (unpaired) electrons. The van der Waals surface area contributed by atoms with E-state index in [2.05, 4.69) is 11.9 Å². The lowest BCUT2D eigenvalue weighted by Gasteiger charge is -2.27. The van der Waals surface area contributed by atoms with E-state index < -0.39 is 0 Å². The second kappa shape index (κ2) is 5.58. The Bertz CT molecular complexity index is 131. The van der Waals surface area contributed by atoms with Crippen molar-refractivity contribution in [1.82, 2.24) is 4.90 Å². The molecule has 3 nitrogen and oxygen atoms in total. The molecule has 3 heteroatoms. The van der Waals surface area contributed by atoms with Crippen molar-refractivity contribution in [2.24, 2.45) is 0 Å². The molecule has 0 aromatic heterocycles. The molecule has 78 valence electrons. The van der Waals surface area contributed by atoms with Crippen LogP contribution in [0.1, 0.15) is 25.7 Å². The maximum atomic E-state index is 5.17. The minimum atomic E-state index is -0.0781. The topological polar surface area (TPSA) is 21.7 Å². The normalized spacial score (nSPS) is 19.2. The average molecular weight is 187 g/mol. The fourth-order valence-electron chi connectivity index (χ4n) is 1.97. The lowest BCUT2D eigenvalue weighted by atomic mass is 10.2. The van der Waals surface area contributed by atoms with Gasteiger partial charge in [-0.3, -0.25) is 4.90 Å². The van der Waals surface area contributed by atoms with Crippen LogP contribution >= 0.6 is 0 Å². The summed E-state index contributed by atoms with van der Waals surface area (Å²) < 4.78 is 10.3. The van der Waals surface area contributed by atoms with E-state index in [1.165, 1.54) is 25.7 Å². The third-order valence-electron chi connectivity index (χ3n) is 2.91. The van der Waals surface area contributed by atoms with Crippen molar-refractivity contribution >= 4 is 0 Å². The van der Waals surface area contributed by atoms with Crippen LogP contribution in [-0.4, -0.2) is 45.0 Å². The summed E-state index contributed by atoms with van der Waals surface area (Å²) in [4.78, 5) is 2.35. The molecule has 0 unspecified atom stereocenters. The van der Waals surface area contributed by atoms with Crippen LogP contribution in [0.4, 0.5) is 0 Å². The fraction of sp³-hybridized carbons (Fsp3) is 1.00. The Morgan fingerprint density at radius 3 is 2.23 bits per heavy atom. The first-order valence-corrected chi connectivity index (χ1v) is 5.03. The van der Waals surface area contributed by atoms with E-state index in [1.807, 2.05) is 0 Å². The van der Waals surface area contributed by atoms with Crippen molar-refractivity contribution in [1.29, 1.82) is 0 Å². The first kappa shape index (κ1) is 11.0. The van der Waals surface area contributed by atoms with Gasteiger partial charge in [0.15, 0.2) is 6.29 Å². The zero-order valence-electron chi connectivity index (χ0n) is 8.95. The van der Waals surface area contributed by atoms with Gasteiger partial charge in [0.25, 0.3) is 0 Å². The number of hydrogen-bond acceptors (Lipinski definition) is 3. The number of methoxy groups -OCH3 is 2. The van der Waals surface area contributed by atoms with Crippen molar-refractivity contribution in [3.8, 4) is 0 Å². The van der Waals surface area contributed by atoms with Gasteiger partial charge in [-0.25, -0.2) is 0 Å². The smallest absolute Gasteiger partial charge is 0.169 e. The minimum Gasteiger partial charge on any atom is -0.355 e. The van der Waals surface area contributed by atoms with Crippen LogP contribution in [0.2, 0.25) is 0 Å². The second-order valence-corrected chi connectivity index (χ2v) is 3.78. The molecule has 0 aliphatic heterocycles. The van der Waals surface area contributed by atoms with Gasteiger partial charge in [0.2, 0.25) is 0 Å². The summed E-state index contributed by atoms with van der Waals surface area (Å²) in [5, 5.41) is 0. The Morgan fingerprint density at radius 2 is 1.77 bits per heavy atom. The Labute approximate surface area is 81.0 Å². The molecule has 13 heavy (non-hydrogen) atoms. The maximum Gasteiger partial charge on any atom is 0.169 e. The molecule has 1 saturated carbocycles. The Kier molecular flexibility index (Phi) is 4.70. The van der Waals surface area contributed by atoms with Crippen molar-refractivity contribution in [2.45, 2.75) is 38.0 Å². The molecule has 0 heterocycles. The van der Waals surface area contributed by atoms with Crippen LogP contribution in [0.15, 0.2) is 0 Å². The summed E-state index contributed by atoms with van der Waals surface area (Å²) in [6, 6.07) is 0.743. The molecule has 0 spiro atoms. The number of ether oxygens (including phenoxy) is 2. The molecule has 0 bridgehead atoms. The van der Waals surface area contributed by atoms with Gasteiger partial charge >= 0.3 is 0 Å². The van der Waals surface area contributed by atoms with Gasteiger partial charge in [0.1, 0.15) is 0 Å². The Morgan fingerprint density at radius 1 is 1.23 bits per heavy atom. The number of nitrogens with zero attached hydrogens (tertiary/aromatic N) is 1. The first-order valence-electron chi connectivity index (χ1n) is 5.03. The molecule has 0 aromatic carbocycles. The molecule has 1 fully saturated rings. The molecule has 1 aliphatic carbocycles. The summed E-state index contributed by atoms with van der Waals surface area (Å²) >= 11 is 0. The zero-order valence-corrected chi connectivity index (χ0v) is 8.95. The first-order chi connectivity index (χ1) is 6.27. The van der Waals surface area contributed by atoms with Crippen molar-refractivity contribution in [3.05, 3.63) is 0 Å². The van der Waals surface area contributed by atoms with Crippen LogP contribution in [0.25, 0.3) is 0 Å². The molecular formula is C10H21NO2.